The van der Waals surface area contributed by atoms with Gasteiger partial charge in [-0.15, -0.1) is 0 Å². The van der Waals surface area contributed by atoms with Crippen molar-refractivity contribution in [2.75, 3.05) is 32.6 Å². The number of likely N-dealkylation sites (N-methyl/N-ethyl adjacent to an activating group) is 1. The van der Waals surface area contributed by atoms with E-state index in [-0.39, 0.29) is 18.8 Å². The van der Waals surface area contributed by atoms with Gasteiger partial charge in [0.25, 0.3) is 0 Å². The van der Waals surface area contributed by atoms with Gasteiger partial charge in [-0.25, -0.2) is 9.18 Å². The lowest BCUT2D eigenvalue weighted by Crippen LogP contribution is -2.38. The molecule has 1 aromatic rings. The van der Waals surface area contributed by atoms with E-state index < -0.39 is 18.0 Å². The number of carbonyl (C=O) groups is 1. The predicted octanol–water partition coefficient (Wildman–Crippen LogP) is 1.95. The Morgan fingerprint density at radius 1 is 1.63 bits per heavy atom. The minimum Gasteiger partial charge on any atom is -0.389 e. The average molecular weight is 291 g/mol. The number of aliphatic hydroxyl groups is 1. The average Bonchev–Trinajstić information content (AvgIpc) is 2.34. The second-order valence-electron chi connectivity index (χ2n) is 4.04. The van der Waals surface area contributed by atoms with Crippen molar-refractivity contribution in [3.8, 4) is 0 Å². The van der Waals surface area contributed by atoms with E-state index in [0.29, 0.717) is 5.02 Å². The molecule has 7 heteroatoms. The summed E-state index contributed by atoms with van der Waals surface area (Å²) in [6, 6.07) is 3.32. The maximum Gasteiger partial charge on any atom is 0.321 e. The summed E-state index contributed by atoms with van der Waals surface area (Å²) in [6.45, 7) is 0.186. The second-order valence-corrected chi connectivity index (χ2v) is 4.48. The number of rotatable bonds is 5. The van der Waals surface area contributed by atoms with Crippen LogP contribution >= 0.6 is 11.6 Å². The number of benzene rings is 1. The normalized spacial score (nSPS) is 12.1. The SMILES string of the molecule is COCC(O)CN(C)C(=O)Nc1cc(Cl)ccc1F. The number of halogens is 2. The molecule has 0 spiro atoms. The van der Waals surface area contributed by atoms with Gasteiger partial charge in [-0.3, -0.25) is 0 Å². The molecule has 2 amide bonds. The van der Waals surface area contributed by atoms with Gasteiger partial charge in [-0.05, 0) is 18.2 Å². The summed E-state index contributed by atoms with van der Waals surface area (Å²) in [5.41, 5.74) is -0.00872. The van der Waals surface area contributed by atoms with Gasteiger partial charge in [0.1, 0.15) is 5.82 Å². The minimum absolute atomic E-state index is 0.00872. The number of aliphatic hydroxyl groups excluding tert-OH is 1. The van der Waals surface area contributed by atoms with Crippen molar-refractivity contribution in [3.63, 3.8) is 0 Å². The molecule has 0 bridgehead atoms. The molecule has 1 unspecified atom stereocenters. The minimum atomic E-state index is -0.801. The summed E-state index contributed by atoms with van der Waals surface area (Å²) in [6.07, 6.45) is -0.801. The molecule has 0 heterocycles. The van der Waals surface area contributed by atoms with Gasteiger partial charge < -0.3 is 20.1 Å². The summed E-state index contributed by atoms with van der Waals surface area (Å²) in [7, 11) is 2.93. The van der Waals surface area contributed by atoms with Crippen LogP contribution in [0.5, 0.6) is 0 Å². The number of nitrogens with zero attached hydrogens (tertiary/aromatic N) is 1. The van der Waals surface area contributed by atoms with Crippen LogP contribution in [0.25, 0.3) is 0 Å². The molecule has 1 rings (SSSR count). The Morgan fingerprint density at radius 2 is 2.32 bits per heavy atom. The lowest BCUT2D eigenvalue weighted by molar-refractivity contribution is 0.0501. The molecule has 0 aromatic heterocycles. The molecule has 5 nitrogen and oxygen atoms in total. The van der Waals surface area contributed by atoms with Crippen molar-refractivity contribution in [1.29, 1.82) is 0 Å². The number of hydrogen-bond donors (Lipinski definition) is 2. The highest BCUT2D eigenvalue weighted by atomic mass is 35.5. The number of hydrogen-bond acceptors (Lipinski definition) is 3. The second kappa shape index (κ2) is 7.28. The number of methoxy groups -OCH3 is 1. The Labute approximate surface area is 115 Å². The molecule has 1 atom stereocenters. The fourth-order valence-electron chi connectivity index (χ4n) is 1.45. The third-order valence-corrected chi connectivity index (χ3v) is 2.60. The van der Waals surface area contributed by atoms with Gasteiger partial charge in [0, 0.05) is 19.2 Å². The lowest BCUT2D eigenvalue weighted by atomic mass is 10.3. The molecule has 2 N–H and O–H groups in total. The molecule has 106 valence electrons. The molecule has 0 aliphatic rings. The topological polar surface area (TPSA) is 61.8 Å². The summed E-state index contributed by atoms with van der Waals surface area (Å²) in [4.78, 5) is 13.0. The van der Waals surface area contributed by atoms with Crippen molar-refractivity contribution in [2.24, 2.45) is 0 Å². The first-order chi connectivity index (χ1) is 8.93. The maximum atomic E-state index is 13.4. The first-order valence-corrected chi connectivity index (χ1v) is 5.96. The lowest BCUT2D eigenvalue weighted by Gasteiger charge is -2.21. The third-order valence-electron chi connectivity index (χ3n) is 2.36. The van der Waals surface area contributed by atoms with E-state index >= 15 is 0 Å². The highest BCUT2D eigenvalue weighted by Crippen LogP contribution is 2.19. The van der Waals surface area contributed by atoms with Gasteiger partial charge in [0.15, 0.2) is 0 Å². The number of urea groups is 1. The van der Waals surface area contributed by atoms with Crippen LogP contribution in [0.15, 0.2) is 18.2 Å². The number of anilines is 1. The van der Waals surface area contributed by atoms with Gasteiger partial charge in [-0.2, -0.15) is 0 Å². The van der Waals surface area contributed by atoms with Crippen LogP contribution < -0.4 is 5.32 Å². The number of carbonyl (C=O) groups excluding carboxylic acids is 1. The summed E-state index contributed by atoms with van der Waals surface area (Å²) < 4.78 is 18.2. The van der Waals surface area contributed by atoms with Crippen LogP contribution in [-0.4, -0.2) is 49.5 Å². The fraction of sp³-hybridized carbons (Fsp3) is 0.417. The summed E-state index contributed by atoms with van der Waals surface area (Å²) in [5.74, 6) is -0.580. The standard InChI is InChI=1S/C12H16ClFN2O3/c1-16(6-9(17)7-19-2)12(18)15-11-5-8(13)3-4-10(11)14/h3-5,9,17H,6-7H2,1-2H3,(H,15,18). The molecule has 19 heavy (non-hydrogen) atoms. The van der Waals surface area contributed by atoms with Crippen LogP contribution in [-0.2, 0) is 4.74 Å². The molecule has 0 aliphatic carbocycles. The molecule has 0 fully saturated rings. The predicted molar refractivity (Wildman–Crippen MR) is 70.9 cm³/mol. The molecule has 0 radical (unpaired) electrons. The zero-order chi connectivity index (χ0) is 14.4. The van der Waals surface area contributed by atoms with Crippen LogP contribution in [0.1, 0.15) is 0 Å². The molecular formula is C12H16ClFN2O3. The Bertz CT molecular complexity index is 445. The van der Waals surface area contributed by atoms with Crippen LogP contribution in [0.2, 0.25) is 5.02 Å². The monoisotopic (exact) mass is 290 g/mol. The highest BCUT2D eigenvalue weighted by molar-refractivity contribution is 6.30. The van der Waals surface area contributed by atoms with E-state index in [2.05, 4.69) is 5.32 Å². The van der Waals surface area contributed by atoms with Crippen LogP contribution in [0, 0.1) is 5.82 Å². The van der Waals surface area contributed by atoms with Crippen molar-refractivity contribution in [3.05, 3.63) is 29.0 Å². The van der Waals surface area contributed by atoms with E-state index in [1.807, 2.05) is 0 Å². The van der Waals surface area contributed by atoms with Gasteiger partial charge >= 0.3 is 6.03 Å². The molecule has 0 saturated carbocycles. The van der Waals surface area contributed by atoms with Gasteiger partial charge in [-0.1, -0.05) is 11.6 Å². The quantitative estimate of drug-likeness (QED) is 0.871. The van der Waals surface area contributed by atoms with Crippen molar-refractivity contribution < 1.29 is 19.0 Å². The highest BCUT2D eigenvalue weighted by Gasteiger charge is 2.15. The first kappa shape index (κ1) is 15.7. The number of amides is 2. The van der Waals surface area contributed by atoms with E-state index in [1.165, 1.54) is 31.2 Å². The van der Waals surface area contributed by atoms with E-state index in [1.54, 1.807) is 0 Å². The Morgan fingerprint density at radius 3 is 2.95 bits per heavy atom. The van der Waals surface area contributed by atoms with E-state index in [0.717, 1.165) is 6.07 Å². The van der Waals surface area contributed by atoms with E-state index in [9.17, 15) is 14.3 Å². The molecule has 1 aromatic carbocycles. The Kier molecular flexibility index (Phi) is 6.01. The largest absolute Gasteiger partial charge is 0.389 e. The number of ether oxygens (including phenoxy) is 1. The Balaban J connectivity index is 2.61. The van der Waals surface area contributed by atoms with Crippen molar-refractivity contribution >= 4 is 23.3 Å². The first-order valence-electron chi connectivity index (χ1n) is 5.58. The van der Waals surface area contributed by atoms with Crippen LogP contribution in [0.4, 0.5) is 14.9 Å². The maximum absolute atomic E-state index is 13.4. The van der Waals surface area contributed by atoms with Crippen molar-refractivity contribution in [2.45, 2.75) is 6.10 Å². The van der Waals surface area contributed by atoms with E-state index in [4.69, 9.17) is 16.3 Å². The fourth-order valence-corrected chi connectivity index (χ4v) is 1.62. The zero-order valence-electron chi connectivity index (χ0n) is 10.7. The smallest absolute Gasteiger partial charge is 0.321 e. The van der Waals surface area contributed by atoms with Gasteiger partial charge in [0.05, 0.1) is 24.9 Å². The number of nitrogens with one attached hydrogen (secondary N) is 1. The van der Waals surface area contributed by atoms with Gasteiger partial charge in [0.2, 0.25) is 0 Å². The van der Waals surface area contributed by atoms with Crippen molar-refractivity contribution in [1.82, 2.24) is 4.90 Å². The molecule has 0 aliphatic heterocycles. The molecule has 0 saturated heterocycles. The third kappa shape index (κ3) is 5.02. The summed E-state index contributed by atoms with van der Waals surface area (Å²) >= 11 is 5.72. The zero-order valence-corrected chi connectivity index (χ0v) is 11.4. The summed E-state index contributed by atoms with van der Waals surface area (Å²) in [5, 5.41) is 12.2. The molecular weight excluding hydrogens is 275 g/mol. The Hall–Kier alpha value is -1.37. The van der Waals surface area contributed by atoms with Crippen LogP contribution in [0.3, 0.4) is 0 Å².